The molecule has 0 aliphatic carbocycles. The molecule has 0 unspecified atom stereocenters. The molecule has 1 heteroatoms. The van der Waals surface area contributed by atoms with Crippen molar-refractivity contribution in [2.24, 2.45) is 0 Å². The molecular formula is C42H29N. The Morgan fingerprint density at radius 3 is 1.60 bits per heavy atom. The van der Waals surface area contributed by atoms with E-state index in [9.17, 15) is 0 Å². The Morgan fingerprint density at radius 2 is 0.930 bits per heavy atom. The maximum Gasteiger partial charge on any atom is 0.0704 e. The number of benzene rings is 7. The van der Waals surface area contributed by atoms with E-state index in [4.69, 9.17) is 0 Å². The Bertz CT molecular complexity index is 2240. The summed E-state index contributed by atoms with van der Waals surface area (Å²) in [4.78, 5) is 4.60. The van der Waals surface area contributed by atoms with Crippen molar-refractivity contribution < 1.29 is 0 Å². The van der Waals surface area contributed by atoms with Gasteiger partial charge in [-0.05, 0) is 102 Å². The Balaban J connectivity index is 1.28. The number of nitrogens with zero attached hydrogens (tertiary/aromatic N) is 1. The van der Waals surface area contributed by atoms with Gasteiger partial charge in [0.1, 0.15) is 0 Å². The summed E-state index contributed by atoms with van der Waals surface area (Å²) >= 11 is 0. The summed E-state index contributed by atoms with van der Waals surface area (Å²) in [5, 5.41) is 7.60. The number of pyridine rings is 1. The van der Waals surface area contributed by atoms with Crippen LogP contribution in [0.15, 0.2) is 158 Å². The molecule has 0 radical (unpaired) electrons. The monoisotopic (exact) mass is 547 g/mol. The zero-order chi connectivity index (χ0) is 28.8. The highest BCUT2D eigenvalue weighted by Gasteiger charge is 2.17. The van der Waals surface area contributed by atoms with Crippen molar-refractivity contribution in [2.45, 2.75) is 6.92 Å². The van der Waals surface area contributed by atoms with E-state index in [2.05, 4.69) is 158 Å². The molecular weight excluding hydrogens is 518 g/mol. The fourth-order valence-electron chi connectivity index (χ4n) is 6.48. The number of hydrogen-bond acceptors (Lipinski definition) is 1. The van der Waals surface area contributed by atoms with Crippen molar-refractivity contribution in [3.05, 3.63) is 163 Å². The molecule has 8 aromatic rings. The van der Waals surface area contributed by atoms with Crippen LogP contribution in [-0.4, -0.2) is 4.98 Å². The minimum absolute atomic E-state index is 1.00. The van der Waals surface area contributed by atoms with Crippen LogP contribution < -0.4 is 0 Å². The fraction of sp³-hybridized carbons (Fsp3) is 0.0238. The van der Waals surface area contributed by atoms with Gasteiger partial charge in [-0.3, -0.25) is 4.98 Å². The van der Waals surface area contributed by atoms with E-state index in [1.165, 1.54) is 71.3 Å². The highest BCUT2D eigenvalue weighted by atomic mass is 14.7. The molecule has 0 fully saturated rings. The maximum absolute atomic E-state index is 4.60. The van der Waals surface area contributed by atoms with Crippen LogP contribution in [-0.2, 0) is 0 Å². The van der Waals surface area contributed by atoms with Crippen LogP contribution in [0, 0.1) is 6.92 Å². The molecule has 1 aromatic heterocycles. The van der Waals surface area contributed by atoms with Gasteiger partial charge in [0.15, 0.2) is 0 Å². The van der Waals surface area contributed by atoms with Crippen molar-refractivity contribution >= 4 is 32.3 Å². The first-order chi connectivity index (χ1) is 21.2. The average molecular weight is 548 g/mol. The lowest BCUT2D eigenvalue weighted by Gasteiger charge is -2.18. The smallest absolute Gasteiger partial charge is 0.0704 e. The fourth-order valence-corrected chi connectivity index (χ4v) is 6.48. The first-order valence-corrected chi connectivity index (χ1v) is 14.8. The third kappa shape index (κ3) is 4.47. The molecule has 1 nitrogen and oxygen atoms in total. The molecule has 0 spiro atoms. The third-order valence-electron chi connectivity index (χ3n) is 8.55. The van der Waals surface area contributed by atoms with Crippen molar-refractivity contribution in [2.75, 3.05) is 0 Å². The number of hydrogen-bond donors (Lipinski definition) is 0. The summed E-state index contributed by atoms with van der Waals surface area (Å²) in [6.07, 6.45) is 1.88. The van der Waals surface area contributed by atoms with Crippen LogP contribution >= 0.6 is 0 Å². The quantitative estimate of drug-likeness (QED) is 0.200. The van der Waals surface area contributed by atoms with Crippen molar-refractivity contribution in [1.29, 1.82) is 0 Å². The van der Waals surface area contributed by atoms with E-state index in [0.29, 0.717) is 0 Å². The highest BCUT2D eigenvalue weighted by molar-refractivity contribution is 6.21. The van der Waals surface area contributed by atoms with E-state index in [-0.39, 0.29) is 0 Å². The summed E-state index contributed by atoms with van der Waals surface area (Å²) in [7, 11) is 0. The Morgan fingerprint density at radius 1 is 0.372 bits per heavy atom. The van der Waals surface area contributed by atoms with Crippen molar-refractivity contribution in [3.63, 3.8) is 0 Å². The first-order valence-electron chi connectivity index (χ1n) is 14.8. The minimum atomic E-state index is 1.00. The SMILES string of the molecule is Cc1ccnc(-c2cccc(-c3ccc(-c4c5ccccc5c(-c5ccc6ccccc6c5)c5ccccc45)cc3)c2)c1. The summed E-state index contributed by atoms with van der Waals surface area (Å²) in [6.45, 7) is 2.11. The zero-order valence-electron chi connectivity index (χ0n) is 24.0. The molecule has 0 bridgehead atoms. The molecule has 1 heterocycles. The molecule has 0 atom stereocenters. The molecule has 43 heavy (non-hydrogen) atoms. The lowest BCUT2D eigenvalue weighted by atomic mass is 9.85. The normalized spacial score (nSPS) is 11.4. The first kappa shape index (κ1) is 25.2. The molecule has 0 N–H and O–H groups in total. The van der Waals surface area contributed by atoms with Gasteiger partial charge in [0, 0.05) is 11.8 Å². The summed E-state index contributed by atoms with van der Waals surface area (Å²) < 4.78 is 0. The van der Waals surface area contributed by atoms with E-state index in [1.54, 1.807) is 0 Å². The minimum Gasteiger partial charge on any atom is -0.256 e. The van der Waals surface area contributed by atoms with E-state index < -0.39 is 0 Å². The second kappa shape index (κ2) is 10.4. The summed E-state index contributed by atoms with van der Waals surface area (Å²) in [6, 6.07) is 55.0. The lowest BCUT2D eigenvalue weighted by Crippen LogP contribution is -1.91. The van der Waals surface area contributed by atoms with Gasteiger partial charge in [-0.15, -0.1) is 0 Å². The largest absolute Gasteiger partial charge is 0.256 e. The number of aryl methyl sites for hydroxylation is 1. The van der Waals surface area contributed by atoms with Gasteiger partial charge >= 0.3 is 0 Å². The van der Waals surface area contributed by atoms with Crippen LogP contribution in [0.2, 0.25) is 0 Å². The third-order valence-corrected chi connectivity index (χ3v) is 8.55. The lowest BCUT2D eigenvalue weighted by molar-refractivity contribution is 1.29. The van der Waals surface area contributed by atoms with E-state index in [1.807, 2.05) is 12.3 Å². The predicted molar refractivity (Wildman–Crippen MR) is 183 cm³/mol. The topological polar surface area (TPSA) is 12.9 Å². The van der Waals surface area contributed by atoms with Gasteiger partial charge in [0.05, 0.1) is 5.69 Å². The number of rotatable bonds is 4. The van der Waals surface area contributed by atoms with Crippen LogP contribution in [0.25, 0.3) is 77.0 Å². The molecule has 0 saturated carbocycles. The Labute approximate surface area is 251 Å². The summed E-state index contributed by atoms with van der Waals surface area (Å²) in [5.74, 6) is 0. The van der Waals surface area contributed by atoms with Gasteiger partial charge in [-0.1, -0.05) is 127 Å². The molecule has 7 aromatic carbocycles. The van der Waals surface area contributed by atoms with E-state index >= 15 is 0 Å². The molecule has 0 saturated heterocycles. The maximum atomic E-state index is 4.60. The van der Waals surface area contributed by atoms with Gasteiger partial charge in [0.2, 0.25) is 0 Å². The Kier molecular flexibility index (Phi) is 6.09. The predicted octanol–water partition coefficient (Wildman–Crippen LogP) is 11.5. The van der Waals surface area contributed by atoms with Gasteiger partial charge in [0.25, 0.3) is 0 Å². The second-order valence-corrected chi connectivity index (χ2v) is 11.3. The average Bonchev–Trinajstić information content (AvgIpc) is 3.07. The van der Waals surface area contributed by atoms with Crippen LogP contribution in [0.4, 0.5) is 0 Å². The molecule has 0 aliphatic rings. The Hall–Kier alpha value is -5.53. The molecule has 0 aliphatic heterocycles. The van der Waals surface area contributed by atoms with Crippen molar-refractivity contribution in [3.8, 4) is 44.6 Å². The molecule has 0 amide bonds. The molecule has 8 rings (SSSR count). The highest BCUT2D eigenvalue weighted by Crippen LogP contribution is 2.44. The molecule has 202 valence electrons. The second-order valence-electron chi connectivity index (χ2n) is 11.3. The summed E-state index contributed by atoms with van der Waals surface area (Å²) in [5.41, 5.74) is 10.8. The van der Waals surface area contributed by atoms with Crippen LogP contribution in [0.1, 0.15) is 5.56 Å². The van der Waals surface area contributed by atoms with E-state index in [0.717, 1.165) is 11.3 Å². The van der Waals surface area contributed by atoms with Crippen molar-refractivity contribution in [1.82, 2.24) is 4.98 Å². The number of fused-ring (bicyclic) bond motifs is 3. The van der Waals surface area contributed by atoms with Gasteiger partial charge < -0.3 is 0 Å². The zero-order valence-corrected chi connectivity index (χ0v) is 24.0. The van der Waals surface area contributed by atoms with Gasteiger partial charge in [-0.25, -0.2) is 0 Å². The van der Waals surface area contributed by atoms with Gasteiger partial charge in [-0.2, -0.15) is 0 Å². The van der Waals surface area contributed by atoms with Crippen LogP contribution in [0.3, 0.4) is 0 Å². The standard InChI is InChI=1S/C42H29N/c1-28-23-24-43-40(25-28)34-12-8-11-33(26-34)30-17-20-31(21-18-30)41-36-13-4-6-15-38(36)42(39-16-7-5-14-37(39)41)35-22-19-29-9-2-3-10-32(29)27-35/h2-27H,1H3. The van der Waals surface area contributed by atoms with Crippen LogP contribution in [0.5, 0.6) is 0 Å². The number of aromatic nitrogens is 1.